The van der Waals surface area contributed by atoms with Crippen LogP contribution < -0.4 is 14.6 Å². The Bertz CT molecular complexity index is 508. The van der Waals surface area contributed by atoms with Crippen molar-refractivity contribution >= 4 is 11.9 Å². The molecule has 1 atom stereocenters. The largest absolute Gasteiger partial charge is 0.550 e. The van der Waals surface area contributed by atoms with E-state index in [0.717, 1.165) is 0 Å². The van der Waals surface area contributed by atoms with Crippen LogP contribution in [0.3, 0.4) is 0 Å². The fourth-order valence-corrected chi connectivity index (χ4v) is 1.98. The Kier molecular flexibility index (Phi) is 3.10. The summed E-state index contributed by atoms with van der Waals surface area (Å²) in [7, 11) is 2.85. The minimum Gasteiger partial charge on any atom is -0.550 e. The van der Waals surface area contributed by atoms with E-state index in [1.807, 2.05) is 0 Å². The highest BCUT2D eigenvalue weighted by Crippen LogP contribution is 2.42. The maximum atomic E-state index is 11.7. The predicted molar refractivity (Wildman–Crippen MR) is 57.3 cm³/mol. The number of hydrogen-bond acceptors (Lipinski definition) is 6. The molecule has 0 aromatic heterocycles. The van der Waals surface area contributed by atoms with E-state index in [0.29, 0.717) is 11.3 Å². The van der Waals surface area contributed by atoms with E-state index >= 15 is 0 Å². The Balaban J connectivity index is 2.50. The maximum absolute atomic E-state index is 11.7. The first-order chi connectivity index (χ1) is 8.58. The first kappa shape index (κ1) is 12.2. The smallest absolute Gasteiger partial charge is 0.343 e. The van der Waals surface area contributed by atoms with Gasteiger partial charge in [0.2, 0.25) is 0 Å². The summed E-state index contributed by atoms with van der Waals surface area (Å²) in [6.45, 7) is 0. The van der Waals surface area contributed by atoms with Crippen molar-refractivity contribution in [1.82, 2.24) is 0 Å². The van der Waals surface area contributed by atoms with E-state index < -0.39 is 18.0 Å². The minimum atomic E-state index is -1.28. The number of carbonyl (C=O) groups is 2. The van der Waals surface area contributed by atoms with Crippen LogP contribution in [0.2, 0.25) is 0 Å². The second kappa shape index (κ2) is 4.56. The van der Waals surface area contributed by atoms with Gasteiger partial charge in [-0.2, -0.15) is 0 Å². The minimum absolute atomic E-state index is 0.211. The maximum Gasteiger partial charge on any atom is 0.343 e. The van der Waals surface area contributed by atoms with Gasteiger partial charge in [0.1, 0.15) is 11.7 Å². The van der Waals surface area contributed by atoms with Crippen LogP contribution in [-0.4, -0.2) is 26.2 Å². The molecule has 0 N–H and O–H groups in total. The summed E-state index contributed by atoms with van der Waals surface area (Å²) in [5.41, 5.74) is 0.685. The first-order valence-corrected chi connectivity index (χ1v) is 5.24. The lowest BCUT2D eigenvalue weighted by molar-refractivity contribution is -0.307. The van der Waals surface area contributed by atoms with Gasteiger partial charge in [-0.1, -0.05) is 6.07 Å². The molecule has 0 saturated heterocycles. The summed E-state index contributed by atoms with van der Waals surface area (Å²) in [5.74, 6) is -1.26. The first-order valence-electron chi connectivity index (χ1n) is 5.24. The summed E-state index contributed by atoms with van der Waals surface area (Å²) in [6, 6.07) is 3.19. The number of hydrogen-bond donors (Lipinski definition) is 0. The zero-order valence-corrected chi connectivity index (χ0v) is 9.89. The quantitative estimate of drug-likeness (QED) is 0.703. The average Bonchev–Trinajstić information content (AvgIpc) is 2.64. The second-order valence-corrected chi connectivity index (χ2v) is 3.74. The third kappa shape index (κ3) is 1.85. The molecule has 1 heterocycles. The molecule has 0 saturated carbocycles. The molecular formula is C12H11O6-. The molecule has 18 heavy (non-hydrogen) atoms. The van der Waals surface area contributed by atoms with Gasteiger partial charge in [0.15, 0.2) is 11.5 Å². The molecule has 96 valence electrons. The standard InChI is InChI=1S/C12H12O6/c1-16-7-4-3-6-8(5-9(13)14)18-12(15)10(6)11(7)17-2/h3-4,8H,5H2,1-2H3,(H,13,14)/p-1/t8-/m1/s1. The van der Waals surface area contributed by atoms with Crippen LogP contribution in [0, 0.1) is 0 Å². The van der Waals surface area contributed by atoms with Crippen molar-refractivity contribution in [1.29, 1.82) is 0 Å². The Morgan fingerprint density at radius 2 is 2.11 bits per heavy atom. The van der Waals surface area contributed by atoms with Gasteiger partial charge in [0.05, 0.1) is 14.2 Å². The third-order valence-corrected chi connectivity index (χ3v) is 2.73. The highest BCUT2D eigenvalue weighted by atomic mass is 16.6. The van der Waals surface area contributed by atoms with Gasteiger partial charge in [0, 0.05) is 18.0 Å². The molecule has 0 fully saturated rings. The number of ether oxygens (including phenoxy) is 3. The Morgan fingerprint density at radius 1 is 1.39 bits per heavy atom. The van der Waals surface area contributed by atoms with Crippen molar-refractivity contribution in [3.05, 3.63) is 23.3 Å². The van der Waals surface area contributed by atoms with Gasteiger partial charge in [-0.05, 0) is 6.07 Å². The van der Waals surface area contributed by atoms with Crippen LogP contribution in [0.15, 0.2) is 12.1 Å². The van der Waals surface area contributed by atoms with Crippen LogP contribution >= 0.6 is 0 Å². The van der Waals surface area contributed by atoms with E-state index in [1.54, 1.807) is 12.1 Å². The lowest BCUT2D eigenvalue weighted by Gasteiger charge is -2.12. The summed E-state index contributed by atoms with van der Waals surface area (Å²) < 4.78 is 15.2. The number of rotatable bonds is 4. The summed E-state index contributed by atoms with van der Waals surface area (Å²) in [5, 5.41) is 10.6. The molecule has 1 aliphatic rings. The highest BCUT2D eigenvalue weighted by molar-refractivity contribution is 5.98. The van der Waals surface area contributed by atoms with Gasteiger partial charge >= 0.3 is 5.97 Å². The van der Waals surface area contributed by atoms with E-state index in [-0.39, 0.29) is 17.7 Å². The lowest BCUT2D eigenvalue weighted by Crippen LogP contribution is -2.24. The van der Waals surface area contributed by atoms with E-state index in [2.05, 4.69) is 0 Å². The highest BCUT2D eigenvalue weighted by Gasteiger charge is 2.35. The fourth-order valence-electron chi connectivity index (χ4n) is 1.98. The van der Waals surface area contributed by atoms with Crippen LogP contribution in [0.25, 0.3) is 0 Å². The number of esters is 1. The van der Waals surface area contributed by atoms with Crippen molar-refractivity contribution in [3.8, 4) is 11.5 Å². The number of carboxylic acids is 1. The molecular weight excluding hydrogens is 240 g/mol. The molecule has 1 aliphatic heterocycles. The van der Waals surface area contributed by atoms with Crippen LogP contribution in [-0.2, 0) is 9.53 Å². The molecule has 0 spiro atoms. The number of carbonyl (C=O) groups excluding carboxylic acids is 2. The zero-order chi connectivity index (χ0) is 13.3. The van der Waals surface area contributed by atoms with Crippen molar-refractivity contribution in [3.63, 3.8) is 0 Å². The molecule has 1 aromatic rings. The molecule has 0 amide bonds. The second-order valence-electron chi connectivity index (χ2n) is 3.74. The van der Waals surface area contributed by atoms with Crippen molar-refractivity contribution < 1.29 is 28.9 Å². The predicted octanol–water partition coefficient (Wildman–Crippen LogP) is 0.0553. The molecule has 0 aliphatic carbocycles. The molecule has 1 aromatic carbocycles. The van der Waals surface area contributed by atoms with Gasteiger partial charge < -0.3 is 24.1 Å². The SMILES string of the molecule is COc1ccc2c(c1OC)C(=O)O[C@@H]2CC(=O)[O-]. The summed E-state index contributed by atoms with van der Waals surface area (Å²) in [6.07, 6.45) is -1.22. The number of fused-ring (bicyclic) bond motifs is 1. The Hall–Kier alpha value is -2.24. The normalized spacial score (nSPS) is 17.0. The van der Waals surface area contributed by atoms with Gasteiger partial charge in [0.25, 0.3) is 0 Å². The topological polar surface area (TPSA) is 84.9 Å². The Morgan fingerprint density at radius 3 is 2.67 bits per heavy atom. The number of benzene rings is 1. The lowest BCUT2D eigenvalue weighted by atomic mass is 10.0. The fraction of sp³-hybridized carbons (Fsp3) is 0.333. The van der Waals surface area contributed by atoms with Crippen LogP contribution in [0.5, 0.6) is 11.5 Å². The van der Waals surface area contributed by atoms with Gasteiger partial charge in [-0.25, -0.2) is 4.79 Å². The van der Waals surface area contributed by atoms with Crippen molar-refractivity contribution in [2.45, 2.75) is 12.5 Å². The van der Waals surface area contributed by atoms with Crippen molar-refractivity contribution in [2.75, 3.05) is 14.2 Å². The molecule has 0 radical (unpaired) electrons. The molecule has 2 rings (SSSR count). The van der Waals surface area contributed by atoms with E-state index in [4.69, 9.17) is 14.2 Å². The third-order valence-electron chi connectivity index (χ3n) is 2.73. The number of aliphatic carboxylic acids is 1. The van der Waals surface area contributed by atoms with Gasteiger partial charge in [-0.3, -0.25) is 0 Å². The molecule has 6 nitrogen and oxygen atoms in total. The summed E-state index contributed by atoms with van der Waals surface area (Å²) >= 11 is 0. The zero-order valence-electron chi connectivity index (χ0n) is 9.89. The number of methoxy groups -OCH3 is 2. The van der Waals surface area contributed by atoms with Crippen LogP contribution in [0.1, 0.15) is 28.4 Å². The Labute approximate surface area is 103 Å². The number of carboxylic acid groups (broad SMARTS) is 1. The molecule has 6 heteroatoms. The number of cyclic esters (lactones) is 1. The molecule has 0 bridgehead atoms. The van der Waals surface area contributed by atoms with Crippen molar-refractivity contribution in [2.24, 2.45) is 0 Å². The van der Waals surface area contributed by atoms with E-state index in [9.17, 15) is 14.7 Å². The average molecular weight is 251 g/mol. The van der Waals surface area contributed by atoms with E-state index in [1.165, 1.54) is 14.2 Å². The van der Waals surface area contributed by atoms with Crippen LogP contribution in [0.4, 0.5) is 0 Å². The van der Waals surface area contributed by atoms with Gasteiger partial charge in [-0.15, -0.1) is 0 Å². The molecule has 0 unspecified atom stereocenters. The summed E-state index contributed by atoms with van der Waals surface area (Å²) in [4.78, 5) is 22.3. The monoisotopic (exact) mass is 251 g/mol.